The molecule has 3 atom stereocenters. The van der Waals surface area contributed by atoms with E-state index in [0.29, 0.717) is 36.5 Å². The Kier molecular flexibility index (Phi) is 6.48. The lowest BCUT2D eigenvalue weighted by Gasteiger charge is -2.35. The number of halogens is 1. The van der Waals surface area contributed by atoms with Gasteiger partial charge in [-0.3, -0.25) is 9.79 Å². The topological polar surface area (TPSA) is 71.7 Å². The first-order chi connectivity index (χ1) is 15.5. The zero-order valence-corrected chi connectivity index (χ0v) is 20.0. The first-order valence-corrected chi connectivity index (χ1v) is 11.5. The number of rotatable bonds is 5. The van der Waals surface area contributed by atoms with Gasteiger partial charge in [-0.15, -0.1) is 0 Å². The third kappa shape index (κ3) is 3.98. The average molecular weight is 493 g/mol. The van der Waals surface area contributed by atoms with Crippen LogP contribution in [0.4, 0.5) is 0 Å². The van der Waals surface area contributed by atoms with E-state index in [2.05, 4.69) is 34.1 Å². The van der Waals surface area contributed by atoms with Gasteiger partial charge < -0.3 is 9.47 Å². The number of ether oxygens (including phenoxy) is 2. The van der Waals surface area contributed by atoms with Gasteiger partial charge >= 0.3 is 0 Å². The fourth-order valence-electron chi connectivity index (χ4n) is 4.75. The molecule has 3 unspecified atom stereocenters. The summed E-state index contributed by atoms with van der Waals surface area (Å²) >= 11 is 3.59. The maximum atomic E-state index is 13.5. The van der Waals surface area contributed by atoms with Crippen molar-refractivity contribution in [1.29, 1.82) is 5.26 Å². The molecule has 1 aliphatic carbocycles. The summed E-state index contributed by atoms with van der Waals surface area (Å²) in [7, 11) is 1.59. The van der Waals surface area contributed by atoms with E-state index in [4.69, 9.17) is 14.5 Å². The molecule has 2 aliphatic rings. The lowest BCUT2D eigenvalue weighted by Crippen LogP contribution is -2.32. The van der Waals surface area contributed by atoms with Crippen LogP contribution in [0.25, 0.3) is 0 Å². The molecule has 0 N–H and O–H groups in total. The standard InChI is InChI=1S/C26H25BrN2O3/c1-4-32-26-20(27)10-18(13-23(26)31-3)24-19(14-28)15(2)29-21-11-17(12-22(30)25(21)24)16-8-6-5-7-9-16/h5-10,13,17,19,24H,4,11-12H2,1-3H3. The summed E-state index contributed by atoms with van der Waals surface area (Å²) in [5.41, 5.74) is 4.18. The van der Waals surface area contributed by atoms with Crippen molar-refractivity contribution in [2.45, 2.75) is 38.5 Å². The Balaban J connectivity index is 1.82. The predicted molar refractivity (Wildman–Crippen MR) is 127 cm³/mol. The van der Waals surface area contributed by atoms with Gasteiger partial charge in [0.25, 0.3) is 0 Å². The lowest BCUT2D eigenvalue weighted by molar-refractivity contribution is -0.116. The molecule has 0 aromatic heterocycles. The molecule has 1 heterocycles. The number of hydrogen-bond donors (Lipinski definition) is 0. The van der Waals surface area contributed by atoms with Gasteiger partial charge in [0.2, 0.25) is 0 Å². The normalized spacial score (nSPS) is 22.7. The molecule has 4 rings (SSSR count). The Morgan fingerprint density at radius 2 is 1.94 bits per heavy atom. The highest BCUT2D eigenvalue weighted by molar-refractivity contribution is 9.10. The SMILES string of the molecule is CCOc1c(Br)cc(C2C3=C(CC(c4ccccc4)CC3=O)N=C(C)C2C#N)cc1OC. The molecule has 0 saturated carbocycles. The van der Waals surface area contributed by atoms with Crippen molar-refractivity contribution in [2.75, 3.05) is 13.7 Å². The maximum absolute atomic E-state index is 13.5. The highest BCUT2D eigenvalue weighted by atomic mass is 79.9. The minimum absolute atomic E-state index is 0.0607. The molecule has 2 aromatic carbocycles. The van der Waals surface area contributed by atoms with Crippen LogP contribution in [0, 0.1) is 17.2 Å². The molecule has 0 amide bonds. The van der Waals surface area contributed by atoms with E-state index >= 15 is 0 Å². The summed E-state index contributed by atoms with van der Waals surface area (Å²) in [5, 5.41) is 10.0. The number of ketones is 1. The van der Waals surface area contributed by atoms with Crippen molar-refractivity contribution in [2.24, 2.45) is 10.9 Å². The van der Waals surface area contributed by atoms with E-state index in [1.54, 1.807) is 7.11 Å². The van der Waals surface area contributed by atoms with E-state index < -0.39 is 11.8 Å². The highest BCUT2D eigenvalue weighted by Gasteiger charge is 2.41. The van der Waals surface area contributed by atoms with Crippen LogP contribution in [0.1, 0.15) is 49.7 Å². The monoisotopic (exact) mass is 492 g/mol. The van der Waals surface area contributed by atoms with Crippen molar-refractivity contribution in [3.05, 3.63) is 69.3 Å². The lowest BCUT2D eigenvalue weighted by atomic mass is 9.69. The predicted octanol–water partition coefficient (Wildman–Crippen LogP) is 5.96. The van der Waals surface area contributed by atoms with Gasteiger partial charge in [0.1, 0.15) is 0 Å². The van der Waals surface area contributed by atoms with E-state index in [1.807, 2.05) is 44.2 Å². The maximum Gasteiger partial charge on any atom is 0.175 e. The van der Waals surface area contributed by atoms with Crippen molar-refractivity contribution in [3.63, 3.8) is 0 Å². The number of hydrogen-bond acceptors (Lipinski definition) is 5. The molecule has 0 spiro atoms. The molecule has 0 saturated heterocycles. The zero-order valence-electron chi connectivity index (χ0n) is 18.4. The number of methoxy groups -OCH3 is 1. The van der Waals surface area contributed by atoms with E-state index in [-0.39, 0.29) is 11.7 Å². The van der Waals surface area contributed by atoms with Crippen LogP contribution in [0.3, 0.4) is 0 Å². The molecular formula is C26H25BrN2O3. The Labute approximate surface area is 196 Å². The minimum atomic E-state index is -0.513. The summed E-state index contributed by atoms with van der Waals surface area (Å²) in [5.74, 6) is 0.436. The van der Waals surface area contributed by atoms with Crippen molar-refractivity contribution in [3.8, 4) is 17.6 Å². The molecule has 5 nitrogen and oxygen atoms in total. The Morgan fingerprint density at radius 1 is 1.19 bits per heavy atom. The third-order valence-corrected chi connectivity index (χ3v) is 6.79. The van der Waals surface area contributed by atoms with E-state index in [1.165, 1.54) is 0 Å². The first kappa shape index (κ1) is 22.3. The van der Waals surface area contributed by atoms with E-state index in [9.17, 15) is 10.1 Å². The average Bonchev–Trinajstić information content (AvgIpc) is 2.79. The Morgan fingerprint density at radius 3 is 2.59 bits per heavy atom. The van der Waals surface area contributed by atoms with Gasteiger partial charge in [0.15, 0.2) is 17.3 Å². The summed E-state index contributed by atoms with van der Waals surface area (Å²) in [4.78, 5) is 18.2. The summed E-state index contributed by atoms with van der Waals surface area (Å²) in [6, 6.07) is 16.3. The largest absolute Gasteiger partial charge is 0.493 e. The Bertz CT molecular complexity index is 1150. The minimum Gasteiger partial charge on any atom is -0.493 e. The van der Waals surface area contributed by atoms with Gasteiger partial charge in [-0.05, 0) is 65.4 Å². The number of carbonyl (C=O) groups excluding carboxylic acids is 1. The van der Waals surface area contributed by atoms with Crippen LogP contribution in [-0.4, -0.2) is 25.2 Å². The van der Waals surface area contributed by atoms with Crippen LogP contribution in [0.5, 0.6) is 11.5 Å². The number of Topliss-reactive ketones (excluding diaryl/α,β-unsaturated/α-hetero) is 1. The number of allylic oxidation sites excluding steroid dienone is 2. The van der Waals surface area contributed by atoms with Gasteiger partial charge in [-0.2, -0.15) is 5.26 Å². The summed E-state index contributed by atoms with van der Waals surface area (Å²) in [6.07, 6.45) is 1.10. The number of carbonyl (C=O) groups is 1. The molecule has 0 fully saturated rings. The fourth-order valence-corrected chi connectivity index (χ4v) is 5.33. The quantitative estimate of drug-likeness (QED) is 0.516. The second-order valence-corrected chi connectivity index (χ2v) is 8.96. The molecular weight excluding hydrogens is 468 g/mol. The van der Waals surface area contributed by atoms with Gasteiger partial charge in [0.05, 0.1) is 30.2 Å². The number of nitriles is 1. The molecule has 164 valence electrons. The van der Waals surface area contributed by atoms with Crippen LogP contribution >= 0.6 is 15.9 Å². The molecule has 6 heteroatoms. The Hall–Kier alpha value is -2.91. The zero-order chi connectivity index (χ0) is 22.8. The highest BCUT2D eigenvalue weighted by Crippen LogP contribution is 2.48. The van der Waals surface area contributed by atoms with Crippen molar-refractivity contribution < 1.29 is 14.3 Å². The van der Waals surface area contributed by atoms with Crippen LogP contribution in [-0.2, 0) is 4.79 Å². The first-order valence-electron chi connectivity index (χ1n) is 10.7. The van der Waals surface area contributed by atoms with Crippen molar-refractivity contribution in [1.82, 2.24) is 0 Å². The second kappa shape index (κ2) is 9.30. The molecule has 2 aromatic rings. The number of benzene rings is 2. The number of nitrogens with zero attached hydrogens (tertiary/aromatic N) is 2. The number of aliphatic imine (C=N–C) groups is 1. The van der Waals surface area contributed by atoms with Crippen molar-refractivity contribution >= 4 is 27.4 Å². The van der Waals surface area contributed by atoms with Crippen LogP contribution < -0.4 is 9.47 Å². The van der Waals surface area contributed by atoms with Gasteiger partial charge in [0, 0.05) is 29.3 Å². The summed E-state index contributed by atoms with van der Waals surface area (Å²) < 4.78 is 12.0. The van der Waals surface area contributed by atoms with Gasteiger partial charge in [-0.1, -0.05) is 30.3 Å². The smallest absolute Gasteiger partial charge is 0.175 e. The third-order valence-electron chi connectivity index (χ3n) is 6.20. The summed E-state index contributed by atoms with van der Waals surface area (Å²) in [6.45, 7) is 4.29. The molecule has 0 radical (unpaired) electrons. The molecule has 1 aliphatic heterocycles. The van der Waals surface area contributed by atoms with Gasteiger partial charge in [-0.25, -0.2) is 0 Å². The second-order valence-electron chi connectivity index (χ2n) is 8.10. The molecule has 32 heavy (non-hydrogen) atoms. The van der Waals surface area contributed by atoms with Crippen LogP contribution in [0.2, 0.25) is 0 Å². The van der Waals surface area contributed by atoms with E-state index in [0.717, 1.165) is 27.0 Å². The van der Waals surface area contributed by atoms with Crippen LogP contribution in [0.15, 0.2) is 63.2 Å². The molecule has 0 bridgehead atoms. The fraction of sp³-hybridized carbons (Fsp3) is 0.346.